The molecule has 4 rings (SSSR count). The summed E-state index contributed by atoms with van der Waals surface area (Å²) in [5, 5.41) is 14.2. The fourth-order valence-corrected chi connectivity index (χ4v) is 3.50. The van der Waals surface area contributed by atoms with Crippen LogP contribution in [0, 0.1) is 6.92 Å². The Labute approximate surface area is 154 Å². The molecule has 1 amide bonds. The van der Waals surface area contributed by atoms with Crippen LogP contribution in [0.2, 0.25) is 0 Å². The maximum absolute atomic E-state index is 12.5. The molecule has 2 N–H and O–H groups in total. The lowest BCUT2D eigenvalue weighted by atomic mass is 10.2. The highest BCUT2D eigenvalue weighted by molar-refractivity contribution is 7.15. The van der Waals surface area contributed by atoms with Crippen molar-refractivity contribution in [3.8, 4) is 10.6 Å². The fraction of sp³-hybridized carbons (Fsp3) is 0.105. The van der Waals surface area contributed by atoms with E-state index in [0.29, 0.717) is 12.2 Å². The number of carbonyl (C=O) groups excluding carboxylic acids is 1. The van der Waals surface area contributed by atoms with Crippen LogP contribution >= 0.6 is 11.3 Å². The molecule has 130 valence electrons. The summed E-state index contributed by atoms with van der Waals surface area (Å²) in [7, 11) is 0. The molecule has 3 heterocycles. The van der Waals surface area contributed by atoms with Gasteiger partial charge in [0.05, 0.1) is 17.1 Å². The number of hydrogen-bond donors (Lipinski definition) is 2. The van der Waals surface area contributed by atoms with Gasteiger partial charge < -0.3 is 5.32 Å². The maximum Gasteiger partial charge on any atom is 0.276 e. The Kier molecular flexibility index (Phi) is 4.37. The topological polar surface area (TPSA) is 75.6 Å². The minimum atomic E-state index is -0.239. The number of rotatable bonds is 5. The van der Waals surface area contributed by atoms with Crippen LogP contribution in [0.15, 0.2) is 60.9 Å². The van der Waals surface area contributed by atoms with E-state index in [1.54, 1.807) is 23.6 Å². The predicted molar refractivity (Wildman–Crippen MR) is 102 cm³/mol. The molecule has 6 nitrogen and oxygen atoms in total. The van der Waals surface area contributed by atoms with Crippen LogP contribution in [-0.2, 0) is 6.54 Å². The molecule has 0 aliphatic carbocycles. The number of aromatic nitrogens is 4. The molecule has 0 atom stereocenters. The van der Waals surface area contributed by atoms with Gasteiger partial charge in [0, 0.05) is 23.0 Å². The van der Waals surface area contributed by atoms with Gasteiger partial charge in [-0.25, -0.2) is 0 Å². The van der Waals surface area contributed by atoms with E-state index in [0.717, 1.165) is 21.8 Å². The van der Waals surface area contributed by atoms with E-state index in [9.17, 15) is 4.79 Å². The first-order chi connectivity index (χ1) is 12.7. The Balaban J connectivity index is 1.47. The lowest BCUT2D eigenvalue weighted by Gasteiger charge is -2.06. The summed E-state index contributed by atoms with van der Waals surface area (Å²) in [4.78, 5) is 14.8. The highest BCUT2D eigenvalue weighted by atomic mass is 32.1. The number of anilines is 1. The van der Waals surface area contributed by atoms with E-state index >= 15 is 0 Å². The third kappa shape index (κ3) is 3.57. The van der Waals surface area contributed by atoms with Crippen LogP contribution < -0.4 is 5.32 Å². The monoisotopic (exact) mass is 363 g/mol. The highest BCUT2D eigenvalue weighted by Gasteiger charge is 2.13. The zero-order chi connectivity index (χ0) is 17.9. The van der Waals surface area contributed by atoms with Crippen molar-refractivity contribution < 1.29 is 4.79 Å². The van der Waals surface area contributed by atoms with Gasteiger partial charge in [0.15, 0.2) is 5.69 Å². The van der Waals surface area contributed by atoms with Crippen LogP contribution in [-0.4, -0.2) is 25.9 Å². The minimum Gasteiger partial charge on any atom is -0.321 e. The van der Waals surface area contributed by atoms with Crippen LogP contribution in [0.25, 0.3) is 10.6 Å². The average Bonchev–Trinajstić information content (AvgIpc) is 3.36. The van der Waals surface area contributed by atoms with Gasteiger partial charge in [0.2, 0.25) is 0 Å². The summed E-state index contributed by atoms with van der Waals surface area (Å²) in [5.74, 6) is -0.239. The second-order valence-corrected chi connectivity index (χ2v) is 7.22. The Bertz CT molecular complexity index is 1030. The summed E-state index contributed by atoms with van der Waals surface area (Å²) < 4.78 is 1.84. The standard InChI is InChI=1S/C19H17N5OS/c1-13-6-7-18(26-13)16-11-17(23-22-16)19(25)21-15-5-2-4-14(10-15)12-24-9-3-8-20-24/h2-11H,12H2,1H3,(H,21,25)(H,22,23). The van der Waals surface area contributed by atoms with Crippen molar-refractivity contribution in [1.82, 2.24) is 20.0 Å². The summed E-state index contributed by atoms with van der Waals surface area (Å²) in [6.07, 6.45) is 3.65. The number of aromatic amines is 1. The number of benzene rings is 1. The lowest BCUT2D eigenvalue weighted by Crippen LogP contribution is -2.12. The number of hydrogen-bond acceptors (Lipinski definition) is 4. The molecule has 3 aromatic heterocycles. The zero-order valence-corrected chi connectivity index (χ0v) is 15.0. The van der Waals surface area contributed by atoms with Gasteiger partial charge >= 0.3 is 0 Å². The van der Waals surface area contributed by atoms with Gasteiger partial charge in [0.25, 0.3) is 5.91 Å². The number of amides is 1. The summed E-state index contributed by atoms with van der Waals surface area (Å²) in [6.45, 7) is 2.70. The molecule has 0 fully saturated rings. The molecule has 0 unspecified atom stereocenters. The maximum atomic E-state index is 12.5. The predicted octanol–water partition coefficient (Wildman–Crippen LogP) is 3.94. The Morgan fingerprint density at radius 1 is 1.23 bits per heavy atom. The first-order valence-corrected chi connectivity index (χ1v) is 8.99. The highest BCUT2D eigenvalue weighted by Crippen LogP contribution is 2.26. The number of thiophene rings is 1. The molecule has 0 aliphatic heterocycles. The largest absolute Gasteiger partial charge is 0.321 e. The number of aryl methyl sites for hydroxylation is 1. The van der Waals surface area contributed by atoms with Crippen molar-refractivity contribution in [2.45, 2.75) is 13.5 Å². The van der Waals surface area contributed by atoms with E-state index in [1.807, 2.05) is 60.3 Å². The van der Waals surface area contributed by atoms with E-state index in [2.05, 4.69) is 20.6 Å². The summed E-state index contributed by atoms with van der Waals surface area (Å²) >= 11 is 1.66. The molecule has 0 spiro atoms. The van der Waals surface area contributed by atoms with E-state index in [-0.39, 0.29) is 5.91 Å². The van der Waals surface area contributed by atoms with Gasteiger partial charge in [0.1, 0.15) is 0 Å². The van der Waals surface area contributed by atoms with Gasteiger partial charge in [-0.2, -0.15) is 10.2 Å². The van der Waals surface area contributed by atoms with Crippen molar-refractivity contribution in [3.63, 3.8) is 0 Å². The van der Waals surface area contributed by atoms with Crippen molar-refractivity contribution >= 4 is 22.9 Å². The Morgan fingerprint density at radius 3 is 2.92 bits per heavy atom. The van der Waals surface area contributed by atoms with Gasteiger partial charge in [-0.1, -0.05) is 12.1 Å². The van der Waals surface area contributed by atoms with Crippen molar-refractivity contribution in [2.75, 3.05) is 5.32 Å². The number of nitrogens with one attached hydrogen (secondary N) is 2. The third-order valence-corrected chi connectivity index (χ3v) is 4.94. The van der Waals surface area contributed by atoms with Crippen molar-refractivity contribution in [1.29, 1.82) is 0 Å². The molecular weight excluding hydrogens is 346 g/mol. The second-order valence-electron chi connectivity index (χ2n) is 5.94. The van der Waals surface area contributed by atoms with Crippen molar-refractivity contribution in [3.05, 3.63) is 77.1 Å². The molecule has 0 saturated carbocycles. The molecule has 4 aromatic rings. The van der Waals surface area contributed by atoms with Crippen LogP contribution in [0.1, 0.15) is 20.9 Å². The zero-order valence-electron chi connectivity index (χ0n) is 14.1. The quantitative estimate of drug-likeness (QED) is 0.564. The third-order valence-electron chi connectivity index (χ3n) is 3.90. The number of carbonyl (C=O) groups is 1. The molecule has 0 bridgehead atoms. The van der Waals surface area contributed by atoms with Gasteiger partial charge in [-0.05, 0) is 48.9 Å². The normalized spacial score (nSPS) is 10.8. The first-order valence-electron chi connectivity index (χ1n) is 8.17. The molecule has 0 saturated heterocycles. The number of H-pyrrole nitrogens is 1. The molecule has 26 heavy (non-hydrogen) atoms. The molecule has 7 heteroatoms. The molecule has 0 aliphatic rings. The van der Waals surface area contributed by atoms with Crippen LogP contribution in [0.3, 0.4) is 0 Å². The Hall–Kier alpha value is -3.19. The van der Waals surface area contributed by atoms with Crippen LogP contribution in [0.5, 0.6) is 0 Å². The second kappa shape index (κ2) is 6.97. The fourth-order valence-electron chi connectivity index (χ4n) is 2.67. The smallest absolute Gasteiger partial charge is 0.276 e. The average molecular weight is 363 g/mol. The lowest BCUT2D eigenvalue weighted by molar-refractivity contribution is 0.102. The number of nitrogens with zero attached hydrogens (tertiary/aromatic N) is 3. The Morgan fingerprint density at radius 2 is 2.15 bits per heavy atom. The minimum absolute atomic E-state index is 0.239. The SMILES string of the molecule is Cc1ccc(-c2cc(C(=O)Nc3cccc(Cn4cccn4)c3)n[nH]2)s1. The van der Waals surface area contributed by atoms with E-state index in [4.69, 9.17) is 0 Å². The van der Waals surface area contributed by atoms with Gasteiger partial charge in [-0.15, -0.1) is 11.3 Å². The van der Waals surface area contributed by atoms with E-state index < -0.39 is 0 Å². The van der Waals surface area contributed by atoms with Gasteiger partial charge in [-0.3, -0.25) is 14.6 Å². The summed E-state index contributed by atoms with van der Waals surface area (Å²) in [6, 6.07) is 15.4. The first kappa shape index (κ1) is 16.3. The van der Waals surface area contributed by atoms with Crippen LogP contribution in [0.4, 0.5) is 5.69 Å². The molecular formula is C19H17N5OS. The van der Waals surface area contributed by atoms with Crippen molar-refractivity contribution in [2.24, 2.45) is 0 Å². The molecule has 0 radical (unpaired) electrons. The van der Waals surface area contributed by atoms with E-state index in [1.165, 1.54) is 4.88 Å². The summed E-state index contributed by atoms with van der Waals surface area (Å²) in [5.41, 5.74) is 3.00. The molecule has 1 aromatic carbocycles.